The number of rotatable bonds is 4. The Labute approximate surface area is 134 Å². The van der Waals surface area contributed by atoms with E-state index in [9.17, 15) is 19.4 Å². The van der Waals surface area contributed by atoms with Crippen molar-refractivity contribution >= 4 is 22.0 Å². The predicted molar refractivity (Wildman–Crippen MR) is 85.3 cm³/mol. The Morgan fingerprint density at radius 2 is 1.61 bits per heavy atom. The summed E-state index contributed by atoms with van der Waals surface area (Å²) in [6, 6.07) is 2.33. The SMILES string of the molecule is C=C(C#Cc1ccc(S(F)(F)(F)(F)F)cc1)/C=C\C(=C)SC#N. The lowest BCUT2D eigenvalue weighted by molar-refractivity contribution is 0.364. The van der Waals surface area contributed by atoms with Crippen LogP contribution in [0.15, 0.2) is 64.9 Å². The van der Waals surface area contributed by atoms with Crippen molar-refractivity contribution in [3.05, 3.63) is 65.6 Å². The van der Waals surface area contributed by atoms with Gasteiger partial charge in [-0.05, 0) is 48.2 Å². The highest BCUT2D eigenvalue weighted by molar-refractivity contribution is 8.45. The van der Waals surface area contributed by atoms with Gasteiger partial charge in [0.2, 0.25) is 0 Å². The normalized spacial score (nSPS) is 14.1. The Hall–Kier alpha value is -2.16. The molecule has 1 aromatic carbocycles. The number of thiocyanates is 1. The van der Waals surface area contributed by atoms with Crippen LogP contribution in [0, 0.1) is 22.5 Å². The number of nitriles is 1. The van der Waals surface area contributed by atoms with Crippen molar-refractivity contribution in [2.75, 3.05) is 0 Å². The van der Waals surface area contributed by atoms with Crippen LogP contribution in [0.2, 0.25) is 0 Å². The summed E-state index contributed by atoms with van der Waals surface area (Å²) in [4.78, 5) is -1.49. The molecule has 0 aliphatic rings. The molecule has 0 spiro atoms. The van der Waals surface area contributed by atoms with Crippen molar-refractivity contribution in [2.24, 2.45) is 0 Å². The van der Waals surface area contributed by atoms with E-state index in [1.807, 2.05) is 5.40 Å². The highest BCUT2D eigenvalue weighted by Gasteiger charge is 2.65. The summed E-state index contributed by atoms with van der Waals surface area (Å²) >= 11 is 0.852. The van der Waals surface area contributed by atoms with Crippen LogP contribution in [0.3, 0.4) is 0 Å². The van der Waals surface area contributed by atoms with Crippen LogP contribution < -0.4 is 0 Å². The molecule has 0 saturated heterocycles. The Bertz CT molecular complexity index is 772. The number of nitrogens with zero attached hydrogens (tertiary/aromatic N) is 1. The zero-order chi connectivity index (χ0) is 17.8. The third-order valence-corrected chi connectivity index (χ3v) is 3.97. The first kappa shape index (κ1) is 18.9. The van der Waals surface area contributed by atoms with Crippen LogP contribution in [0.1, 0.15) is 5.56 Å². The summed E-state index contributed by atoms with van der Waals surface area (Å²) in [6.07, 6.45) is 2.98. The quantitative estimate of drug-likeness (QED) is 0.263. The highest BCUT2D eigenvalue weighted by atomic mass is 32.5. The van der Waals surface area contributed by atoms with Gasteiger partial charge in [-0.3, -0.25) is 0 Å². The largest absolute Gasteiger partial charge is 0.310 e. The average Bonchev–Trinajstić information content (AvgIpc) is 2.41. The summed E-state index contributed by atoms with van der Waals surface area (Å²) in [6.45, 7) is 7.16. The fraction of sp³-hybridized carbons (Fsp3) is 0. The molecule has 0 bridgehead atoms. The molecule has 0 N–H and O–H groups in total. The van der Waals surface area contributed by atoms with Gasteiger partial charge in [0.05, 0.1) is 0 Å². The standard InChI is InChI=1S/C15H10F5NS2/c1-12(3-5-13(2)22-11-21)4-6-14-7-9-15(10-8-14)23(16,17,18,19)20/h3,5,7-10H,1-2H2/b5-3-. The van der Waals surface area contributed by atoms with Crippen molar-refractivity contribution in [1.29, 1.82) is 5.26 Å². The maximum atomic E-state index is 12.5. The zero-order valence-corrected chi connectivity index (χ0v) is 13.2. The first-order valence-electron chi connectivity index (χ1n) is 5.80. The van der Waals surface area contributed by atoms with E-state index in [2.05, 4.69) is 25.0 Å². The Morgan fingerprint density at radius 1 is 1.04 bits per heavy atom. The van der Waals surface area contributed by atoms with Gasteiger partial charge in [-0.1, -0.05) is 44.4 Å². The molecule has 1 rings (SSSR count). The Morgan fingerprint density at radius 3 is 2.09 bits per heavy atom. The average molecular weight is 363 g/mol. The molecule has 122 valence electrons. The van der Waals surface area contributed by atoms with Gasteiger partial charge < -0.3 is 0 Å². The van der Waals surface area contributed by atoms with Crippen LogP contribution in [0.5, 0.6) is 0 Å². The molecule has 0 aliphatic heterocycles. The number of hydrogen-bond donors (Lipinski definition) is 0. The smallest absolute Gasteiger partial charge is 0.185 e. The fourth-order valence-corrected chi connectivity index (χ4v) is 2.18. The van der Waals surface area contributed by atoms with Crippen molar-refractivity contribution < 1.29 is 19.4 Å². The van der Waals surface area contributed by atoms with Gasteiger partial charge in [-0.2, -0.15) is 5.26 Å². The molecule has 8 heteroatoms. The van der Waals surface area contributed by atoms with Crippen LogP contribution in [0.25, 0.3) is 0 Å². The van der Waals surface area contributed by atoms with Gasteiger partial charge in [0, 0.05) is 16.0 Å². The molecule has 1 nitrogen and oxygen atoms in total. The van der Waals surface area contributed by atoms with Crippen LogP contribution >= 0.6 is 22.0 Å². The van der Waals surface area contributed by atoms with Crippen molar-refractivity contribution in [3.8, 4) is 17.2 Å². The molecular formula is C15H10F5NS2. The zero-order valence-electron chi connectivity index (χ0n) is 11.5. The topological polar surface area (TPSA) is 23.8 Å². The number of benzene rings is 1. The lowest BCUT2D eigenvalue weighted by Crippen LogP contribution is -2.05. The third kappa shape index (κ3) is 6.64. The van der Waals surface area contributed by atoms with E-state index >= 15 is 0 Å². The second-order valence-corrected chi connectivity index (χ2v) is 7.58. The molecule has 0 atom stereocenters. The highest BCUT2D eigenvalue weighted by Crippen LogP contribution is 3.02. The summed E-state index contributed by atoms with van der Waals surface area (Å²) in [7, 11) is -9.65. The summed E-state index contributed by atoms with van der Waals surface area (Å²) in [5, 5.41) is 10.2. The van der Waals surface area contributed by atoms with E-state index in [0.29, 0.717) is 22.6 Å². The van der Waals surface area contributed by atoms with Gasteiger partial charge in [-0.15, -0.1) is 0 Å². The van der Waals surface area contributed by atoms with E-state index in [1.54, 1.807) is 0 Å². The molecule has 0 aromatic heterocycles. The molecular weight excluding hydrogens is 353 g/mol. The number of allylic oxidation sites excluding steroid dienone is 3. The van der Waals surface area contributed by atoms with Crippen LogP contribution in [-0.4, -0.2) is 0 Å². The van der Waals surface area contributed by atoms with E-state index < -0.39 is 15.1 Å². The van der Waals surface area contributed by atoms with E-state index in [4.69, 9.17) is 5.26 Å². The predicted octanol–water partition coefficient (Wildman–Crippen LogP) is 6.54. The Balaban J connectivity index is 2.88. The van der Waals surface area contributed by atoms with Crippen molar-refractivity contribution in [1.82, 2.24) is 0 Å². The molecule has 0 unspecified atom stereocenters. The van der Waals surface area contributed by atoms with Gasteiger partial charge in [0.25, 0.3) is 0 Å². The number of halogens is 5. The number of hydrogen-bond acceptors (Lipinski definition) is 2. The van der Waals surface area contributed by atoms with Gasteiger partial charge in [0.15, 0.2) is 0 Å². The lowest BCUT2D eigenvalue weighted by Gasteiger charge is -2.40. The first-order valence-corrected chi connectivity index (χ1v) is 8.56. The van der Waals surface area contributed by atoms with Crippen LogP contribution in [-0.2, 0) is 0 Å². The van der Waals surface area contributed by atoms with E-state index in [1.165, 1.54) is 12.2 Å². The minimum absolute atomic E-state index is 0.135. The first-order chi connectivity index (χ1) is 10.3. The van der Waals surface area contributed by atoms with E-state index in [0.717, 1.165) is 23.9 Å². The van der Waals surface area contributed by atoms with Gasteiger partial charge in [-0.25, -0.2) is 0 Å². The van der Waals surface area contributed by atoms with Gasteiger partial charge in [0.1, 0.15) is 10.3 Å². The maximum absolute atomic E-state index is 12.5. The summed E-state index contributed by atoms with van der Waals surface area (Å²) < 4.78 is 62.7. The second-order valence-electron chi connectivity index (χ2n) is 4.26. The second kappa shape index (κ2) is 5.80. The molecule has 1 aromatic rings. The minimum Gasteiger partial charge on any atom is -0.185 e. The summed E-state index contributed by atoms with van der Waals surface area (Å²) in [5.41, 5.74) is 0.455. The van der Waals surface area contributed by atoms with Crippen LogP contribution in [0.4, 0.5) is 19.4 Å². The Kier molecular flexibility index (Phi) is 4.76. The molecule has 0 heterocycles. The molecule has 0 aliphatic carbocycles. The molecule has 0 saturated carbocycles. The summed E-state index contributed by atoms with van der Waals surface area (Å²) in [5.74, 6) is 5.05. The minimum atomic E-state index is -9.65. The third-order valence-electron chi connectivity index (χ3n) is 2.31. The number of thioether (sulfide) groups is 1. The van der Waals surface area contributed by atoms with Gasteiger partial charge >= 0.3 is 10.2 Å². The monoisotopic (exact) mass is 363 g/mol. The molecule has 0 amide bonds. The fourth-order valence-electron chi connectivity index (χ4n) is 1.28. The maximum Gasteiger partial charge on any atom is 0.310 e. The molecule has 0 radical (unpaired) electrons. The molecule has 0 fully saturated rings. The lowest BCUT2D eigenvalue weighted by atomic mass is 10.2. The molecule has 23 heavy (non-hydrogen) atoms. The van der Waals surface area contributed by atoms with Crippen molar-refractivity contribution in [2.45, 2.75) is 4.90 Å². The van der Waals surface area contributed by atoms with E-state index in [-0.39, 0.29) is 5.56 Å². The van der Waals surface area contributed by atoms with Crippen molar-refractivity contribution in [3.63, 3.8) is 0 Å².